The number of pyridine rings is 1. The second kappa shape index (κ2) is 10.5. The fourth-order valence-electron chi connectivity index (χ4n) is 4.96. The second-order valence-electron chi connectivity index (χ2n) is 9.77. The lowest BCUT2D eigenvalue weighted by atomic mass is 10.0. The molecule has 0 saturated carbocycles. The third-order valence-electron chi connectivity index (χ3n) is 6.51. The van der Waals surface area contributed by atoms with Gasteiger partial charge in [0.05, 0.1) is 32.1 Å². The average molecular weight is 479 g/mol. The molecule has 2 N–H and O–H groups in total. The molecule has 4 aromatic rings. The van der Waals surface area contributed by atoms with E-state index in [1.54, 1.807) is 12.3 Å². The Morgan fingerprint density at radius 3 is 2.83 bits per heavy atom. The van der Waals surface area contributed by atoms with Crippen LogP contribution in [0.3, 0.4) is 0 Å². The number of fused-ring (bicyclic) bond motifs is 2. The molecule has 0 aliphatic rings. The fourth-order valence-corrected chi connectivity index (χ4v) is 4.96. The van der Waals surface area contributed by atoms with Gasteiger partial charge in [-0.25, -0.2) is 9.78 Å². The van der Waals surface area contributed by atoms with Gasteiger partial charge in [-0.1, -0.05) is 19.4 Å². The van der Waals surface area contributed by atoms with E-state index in [4.69, 9.17) is 4.74 Å². The molecule has 35 heavy (non-hydrogen) atoms. The van der Waals surface area contributed by atoms with Crippen molar-refractivity contribution in [1.29, 1.82) is 0 Å². The summed E-state index contributed by atoms with van der Waals surface area (Å²) in [6, 6.07) is 7.99. The highest BCUT2D eigenvalue weighted by atomic mass is 16.5. The highest BCUT2D eigenvalue weighted by Gasteiger charge is 2.22. The SMILES string of the molecule is CCCC(Cn1c(=O)[nH]c2cccnc21)C(=O)OCCc1cc(C)c2c(C[NH+](C)C)cn(C)c2c1. The van der Waals surface area contributed by atoms with E-state index >= 15 is 0 Å². The van der Waals surface area contributed by atoms with Crippen LogP contribution in [0.2, 0.25) is 0 Å². The standard InChI is InChI=1S/C27H35N5O3/c1-6-8-20(17-32-25-22(29-27(32)34)9-7-11-28-25)26(33)35-12-10-19-13-18(2)24-21(15-30(3)4)16-31(5)23(24)14-19/h7,9,11,13-14,16,20H,6,8,10,12,15,17H2,1-5H3,(H,29,34)/p+1. The molecule has 0 aliphatic heterocycles. The van der Waals surface area contributed by atoms with Gasteiger partial charge in [-0.15, -0.1) is 0 Å². The van der Waals surface area contributed by atoms with Crippen LogP contribution < -0.4 is 10.6 Å². The number of quaternary nitrogens is 1. The van der Waals surface area contributed by atoms with Crippen molar-refractivity contribution in [1.82, 2.24) is 19.1 Å². The number of ether oxygens (including phenoxy) is 1. The summed E-state index contributed by atoms with van der Waals surface area (Å²) in [5.74, 6) is -0.663. The summed E-state index contributed by atoms with van der Waals surface area (Å²) >= 11 is 0. The third kappa shape index (κ3) is 5.32. The zero-order valence-electron chi connectivity index (χ0n) is 21.4. The first kappa shape index (κ1) is 24.7. The number of hydrogen-bond acceptors (Lipinski definition) is 4. The molecule has 0 bridgehead atoms. The number of nitrogens with zero attached hydrogens (tertiary/aromatic N) is 3. The quantitative estimate of drug-likeness (QED) is 0.343. The number of esters is 1. The summed E-state index contributed by atoms with van der Waals surface area (Å²) in [6.45, 7) is 5.72. The Hall–Kier alpha value is -3.39. The Balaban J connectivity index is 1.44. The van der Waals surface area contributed by atoms with Crippen LogP contribution in [-0.4, -0.2) is 45.8 Å². The summed E-state index contributed by atoms with van der Waals surface area (Å²) in [6.07, 6.45) is 5.98. The van der Waals surface area contributed by atoms with E-state index in [0.29, 0.717) is 30.6 Å². The number of rotatable bonds is 10. The zero-order valence-corrected chi connectivity index (χ0v) is 21.4. The number of carbonyl (C=O) groups is 1. The van der Waals surface area contributed by atoms with E-state index in [1.807, 2.05) is 13.0 Å². The summed E-state index contributed by atoms with van der Waals surface area (Å²) in [5, 5.41) is 1.32. The van der Waals surface area contributed by atoms with Crippen molar-refractivity contribution in [2.24, 2.45) is 13.0 Å². The lowest BCUT2D eigenvalue weighted by molar-refractivity contribution is -0.872. The van der Waals surface area contributed by atoms with E-state index in [9.17, 15) is 9.59 Å². The van der Waals surface area contributed by atoms with Crippen molar-refractivity contribution in [3.63, 3.8) is 0 Å². The van der Waals surface area contributed by atoms with E-state index in [0.717, 1.165) is 18.5 Å². The van der Waals surface area contributed by atoms with Gasteiger partial charge in [0.2, 0.25) is 0 Å². The first-order chi connectivity index (χ1) is 16.8. The molecule has 1 unspecified atom stereocenters. The monoisotopic (exact) mass is 478 g/mol. The summed E-state index contributed by atoms with van der Waals surface area (Å²) in [4.78, 5) is 33.9. The summed E-state index contributed by atoms with van der Waals surface area (Å²) in [5.41, 5.74) is 5.93. The second-order valence-corrected chi connectivity index (χ2v) is 9.77. The molecule has 0 radical (unpaired) electrons. The molecule has 1 atom stereocenters. The highest BCUT2D eigenvalue weighted by molar-refractivity contribution is 5.87. The van der Waals surface area contributed by atoms with E-state index in [-0.39, 0.29) is 18.2 Å². The van der Waals surface area contributed by atoms with Crippen LogP contribution in [0.4, 0.5) is 0 Å². The minimum atomic E-state index is -0.396. The van der Waals surface area contributed by atoms with Gasteiger partial charge in [0.25, 0.3) is 0 Å². The lowest BCUT2D eigenvalue weighted by Crippen LogP contribution is -3.04. The van der Waals surface area contributed by atoms with Crippen LogP contribution in [0.5, 0.6) is 0 Å². The molecular formula is C27H36N5O3+. The van der Waals surface area contributed by atoms with Crippen LogP contribution in [0.1, 0.15) is 36.5 Å². The van der Waals surface area contributed by atoms with Crippen molar-refractivity contribution in [2.45, 2.75) is 46.2 Å². The molecule has 3 heterocycles. The summed E-state index contributed by atoms with van der Waals surface area (Å²) in [7, 11) is 6.40. The number of aryl methyl sites for hydroxylation is 2. The van der Waals surface area contributed by atoms with Crippen LogP contribution >= 0.6 is 0 Å². The molecule has 0 spiro atoms. The van der Waals surface area contributed by atoms with Crippen molar-refractivity contribution in [2.75, 3.05) is 20.7 Å². The van der Waals surface area contributed by atoms with Gasteiger partial charge in [0.15, 0.2) is 5.65 Å². The first-order valence-electron chi connectivity index (χ1n) is 12.3. The lowest BCUT2D eigenvalue weighted by Gasteiger charge is -2.16. The molecule has 0 aliphatic carbocycles. The number of imidazole rings is 1. The molecule has 8 heteroatoms. The fraction of sp³-hybridized carbons (Fsp3) is 0.444. The normalized spacial score (nSPS) is 12.6. The third-order valence-corrected chi connectivity index (χ3v) is 6.51. The molecule has 4 rings (SSSR count). The predicted molar refractivity (Wildman–Crippen MR) is 138 cm³/mol. The Bertz CT molecular complexity index is 1400. The van der Waals surface area contributed by atoms with Crippen LogP contribution in [0, 0.1) is 12.8 Å². The molecular weight excluding hydrogens is 442 g/mol. The molecule has 0 saturated heterocycles. The van der Waals surface area contributed by atoms with Gasteiger partial charge in [0, 0.05) is 48.9 Å². The van der Waals surface area contributed by atoms with Crippen LogP contribution in [0.25, 0.3) is 22.1 Å². The minimum absolute atomic E-state index is 0.255. The maximum Gasteiger partial charge on any atom is 0.327 e. The number of hydrogen-bond donors (Lipinski definition) is 2. The summed E-state index contributed by atoms with van der Waals surface area (Å²) < 4.78 is 9.43. The largest absolute Gasteiger partial charge is 0.465 e. The highest BCUT2D eigenvalue weighted by Crippen LogP contribution is 2.26. The molecule has 0 fully saturated rings. The van der Waals surface area contributed by atoms with Gasteiger partial charge in [-0.05, 0) is 42.7 Å². The van der Waals surface area contributed by atoms with Crippen LogP contribution in [0.15, 0.2) is 41.5 Å². The Morgan fingerprint density at radius 1 is 1.29 bits per heavy atom. The smallest absolute Gasteiger partial charge is 0.327 e. The number of benzene rings is 1. The number of nitrogens with one attached hydrogen (secondary N) is 2. The topological polar surface area (TPSA) is 86.3 Å². The van der Waals surface area contributed by atoms with Crippen LogP contribution in [-0.2, 0) is 36.1 Å². The van der Waals surface area contributed by atoms with Crippen molar-refractivity contribution >= 4 is 28.0 Å². The van der Waals surface area contributed by atoms with Gasteiger partial charge in [-0.3, -0.25) is 9.36 Å². The molecule has 3 aromatic heterocycles. The Kier molecular flexibility index (Phi) is 7.40. The van der Waals surface area contributed by atoms with Gasteiger partial charge >= 0.3 is 11.7 Å². The Morgan fingerprint density at radius 2 is 2.09 bits per heavy atom. The number of carbonyl (C=O) groups excluding carboxylic acids is 1. The molecule has 1 aromatic carbocycles. The molecule has 0 amide bonds. The molecule has 8 nitrogen and oxygen atoms in total. The van der Waals surface area contributed by atoms with Gasteiger partial charge < -0.3 is 19.2 Å². The molecule has 186 valence electrons. The maximum atomic E-state index is 13.0. The average Bonchev–Trinajstić information content (AvgIpc) is 3.29. The Labute approximate surface area is 205 Å². The van der Waals surface area contributed by atoms with E-state index in [2.05, 4.69) is 60.9 Å². The number of aromatic amines is 1. The van der Waals surface area contributed by atoms with E-state index in [1.165, 1.54) is 31.5 Å². The zero-order chi connectivity index (χ0) is 25.1. The van der Waals surface area contributed by atoms with Crippen molar-refractivity contribution in [3.05, 3.63) is 63.8 Å². The van der Waals surface area contributed by atoms with Crippen molar-refractivity contribution in [3.8, 4) is 0 Å². The predicted octanol–water partition coefficient (Wildman–Crippen LogP) is 2.37. The minimum Gasteiger partial charge on any atom is -0.465 e. The van der Waals surface area contributed by atoms with E-state index < -0.39 is 5.92 Å². The maximum absolute atomic E-state index is 13.0. The van der Waals surface area contributed by atoms with Crippen molar-refractivity contribution < 1.29 is 14.4 Å². The first-order valence-corrected chi connectivity index (χ1v) is 12.3. The van der Waals surface area contributed by atoms with Gasteiger partial charge in [-0.2, -0.15) is 0 Å². The number of aromatic nitrogens is 4. The van der Waals surface area contributed by atoms with Gasteiger partial charge in [0.1, 0.15) is 6.54 Å². The number of H-pyrrole nitrogens is 1.